The molecule has 5 rings (SSSR count). The summed E-state index contributed by atoms with van der Waals surface area (Å²) in [5, 5.41) is 7.00. The number of benzene rings is 5. The smallest absolute Gasteiger partial charge is 0.00263 e. The maximum atomic E-state index is 2.36. The minimum Gasteiger partial charge on any atom is -0.0803 e. The predicted molar refractivity (Wildman–Crippen MR) is 131 cm³/mol. The van der Waals surface area contributed by atoms with Crippen LogP contribution in [0.25, 0.3) is 43.8 Å². The van der Waals surface area contributed by atoms with Gasteiger partial charge in [0, 0.05) is 0 Å². The highest BCUT2D eigenvalue weighted by Gasteiger charge is 2.16. The molecule has 0 bridgehead atoms. The summed E-state index contributed by atoms with van der Waals surface area (Å²) >= 11 is 0. The summed E-state index contributed by atoms with van der Waals surface area (Å²) in [7, 11) is -0.212. The van der Waals surface area contributed by atoms with E-state index in [4.69, 9.17) is 0 Å². The molecule has 0 atom stereocenters. The fraction of sp³-hybridized carbons (Fsp3) is 0.0714. The van der Waals surface area contributed by atoms with Crippen molar-refractivity contribution < 1.29 is 0 Å². The molecule has 0 aliphatic rings. The van der Waals surface area contributed by atoms with Crippen LogP contribution in [0.4, 0.5) is 0 Å². The molecule has 0 aromatic heterocycles. The fourth-order valence-electron chi connectivity index (χ4n) is 4.36. The van der Waals surface area contributed by atoms with Crippen LogP contribution >= 0.6 is 7.92 Å². The Bertz CT molecular complexity index is 1240. The van der Waals surface area contributed by atoms with E-state index in [2.05, 4.69) is 116 Å². The van der Waals surface area contributed by atoms with Gasteiger partial charge in [-0.15, -0.1) is 0 Å². The highest BCUT2D eigenvalue weighted by Crippen LogP contribution is 2.41. The lowest BCUT2D eigenvalue weighted by atomic mass is 9.91. The van der Waals surface area contributed by atoms with Gasteiger partial charge in [-0.05, 0) is 62.4 Å². The molecule has 5 aromatic carbocycles. The van der Waals surface area contributed by atoms with Crippen molar-refractivity contribution in [3.8, 4) is 22.3 Å². The van der Waals surface area contributed by atoms with Gasteiger partial charge in [-0.1, -0.05) is 111 Å². The highest BCUT2D eigenvalue weighted by atomic mass is 31.1. The number of rotatable bonds is 3. The van der Waals surface area contributed by atoms with Crippen molar-refractivity contribution in [2.24, 2.45) is 0 Å². The van der Waals surface area contributed by atoms with Crippen molar-refractivity contribution in [2.45, 2.75) is 0 Å². The molecule has 140 valence electrons. The van der Waals surface area contributed by atoms with Gasteiger partial charge in [-0.25, -0.2) is 0 Å². The Hall–Kier alpha value is -2.95. The van der Waals surface area contributed by atoms with Crippen LogP contribution in [0.3, 0.4) is 0 Å². The summed E-state index contributed by atoms with van der Waals surface area (Å²) in [5.41, 5.74) is 5.13. The van der Waals surface area contributed by atoms with Crippen LogP contribution in [0.1, 0.15) is 0 Å². The molecule has 0 heterocycles. The molecule has 5 aromatic rings. The summed E-state index contributed by atoms with van der Waals surface area (Å²) in [5.74, 6) is 0. The minimum absolute atomic E-state index is 0.212. The molecule has 1 heteroatoms. The van der Waals surface area contributed by atoms with Crippen LogP contribution in [0.5, 0.6) is 0 Å². The van der Waals surface area contributed by atoms with E-state index in [1.54, 1.807) is 0 Å². The second kappa shape index (κ2) is 7.47. The summed E-state index contributed by atoms with van der Waals surface area (Å²) in [4.78, 5) is 0. The Morgan fingerprint density at radius 2 is 0.828 bits per heavy atom. The van der Waals surface area contributed by atoms with Gasteiger partial charge >= 0.3 is 0 Å². The zero-order valence-corrected chi connectivity index (χ0v) is 17.7. The zero-order chi connectivity index (χ0) is 19.8. The normalized spacial score (nSPS) is 11.4. The van der Waals surface area contributed by atoms with Crippen LogP contribution in [0.2, 0.25) is 0 Å². The molecular weight excluding hydrogens is 367 g/mol. The van der Waals surface area contributed by atoms with E-state index in [9.17, 15) is 0 Å². The Morgan fingerprint density at radius 1 is 0.414 bits per heavy atom. The molecule has 0 N–H and O–H groups in total. The SMILES string of the molecule is CP(C)c1c2ccccc2c(-c2ccc(-c3ccccc3)cc2)c2ccccc12. The fourth-order valence-corrected chi connectivity index (χ4v) is 5.71. The summed E-state index contributed by atoms with van der Waals surface area (Å²) in [6.45, 7) is 4.72. The van der Waals surface area contributed by atoms with E-state index in [1.807, 2.05) is 0 Å². The molecule has 0 aliphatic carbocycles. The molecule has 0 saturated carbocycles. The Labute approximate surface area is 173 Å². The van der Waals surface area contributed by atoms with Gasteiger partial charge in [0.15, 0.2) is 0 Å². The van der Waals surface area contributed by atoms with Gasteiger partial charge in [0.2, 0.25) is 0 Å². The first-order chi connectivity index (χ1) is 14.2. The molecule has 0 aliphatic heterocycles. The predicted octanol–water partition coefficient (Wildman–Crippen LogP) is 7.69. The van der Waals surface area contributed by atoms with Crippen molar-refractivity contribution in [1.82, 2.24) is 0 Å². The third kappa shape index (κ3) is 3.15. The monoisotopic (exact) mass is 390 g/mol. The van der Waals surface area contributed by atoms with Crippen LogP contribution in [-0.2, 0) is 0 Å². The van der Waals surface area contributed by atoms with Crippen LogP contribution in [0.15, 0.2) is 103 Å². The maximum absolute atomic E-state index is 2.36. The minimum atomic E-state index is -0.212. The van der Waals surface area contributed by atoms with E-state index in [0.29, 0.717) is 0 Å². The third-order valence-electron chi connectivity index (χ3n) is 5.63. The summed E-state index contributed by atoms with van der Waals surface area (Å²) in [6, 6.07) is 37.4. The molecule has 0 nitrogen and oxygen atoms in total. The first kappa shape index (κ1) is 18.1. The number of hydrogen-bond acceptors (Lipinski definition) is 0. The van der Waals surface area contributed by atoms with Crippen LogP contribution in [0, 0.1) is 0 Å². The van der Waals surface area contributed by atoms with E-state index >= 15 is 0 Å². The molecular formula is C28H23P. The lowest BCUT2D eigenvalue weighted by Crippen LogP contribution is -2.05. The zero-order valence-electron chi connectivity index (χ0n) is 16.8. The third-order valence-corrected chi connectivity index (χ3v) is 7.01. The van der Waals surface area contributed by atoms with E-state index in [0.717, 1.165) is 0 Å². The first-order valence-electron chi connectivity index (χ1n) is 10.0. The molecule has 29 heavy (non-hydrogen) atoms. The van der Waals surface area contributed by atoms with E-state index in [1.165, 1.54) is 49.1 Å². The summed E-state index contributed by atoms with van der Waals surface area (Å²) in [6.07, 6.45) is 0. The highest BCUT2D eigenvalue weighted by molar-refractivity contribution is 7.65. The van der Waals surface area contributed by atoms with Gasteiger partial charge in [0.05, 0.1) is 0 Å². The molecule has 0 amide bonds. The molecule has 0 fully saturated rings. The van der Waals surface area contributed by atoms with Gasteiger partial charge in [-0.3, -0.25) is 0 Å². The molecule has 0 spiro atoms. The van der Waals surface area contributed by atoms with Gasteiger partial charge < -0.3 is 0 Å². The molecule has 0 unspecified atom stereocenters. The van der Waals surface area contributed by atoms with E-state index in [-0.39, 0.29) is 7.92 Å². The van der Waals surface area contributed by atoms with Gasteiger partial charge in [0.25, 0.3) is 0 Å². The lowest BCUT2D eigenvalue weighted by Gasteiger charge is -2.19. The van der Waals surface area contributed by atoms with Crippen molar-refractivity contribution in [2.75, 3.05) is 13.3 Å². The van der Waals surface area contributed by atoms with Crippen LogP contribution < -0.4 is 5.30 Å². The number of fused-ring (bicyclic) bond motifs is 2. The first-order valence-corrected chi connectivity index (χ1v) is 12.2. The van der Waals surface area contributed by atoms with Crippen molar-refractivity contribution in [3.05, 3.63) is 103 Å². The molecule has 0 saturated heterocycles. The second-order valence-electron chi connectivity index (χ2n) is 7.65. The largest absolute Gasteiger partial charge is 0.0803 e. The number of hydrogen-bond donors (Lipinski definition) is 0. The van der Waals surface area contributed by atoms with Crippen molar-refractivity contribution in [3.63, 3.8) is 0 Å². The van der Waals surface area contributed by atoms with Gasteiger partial charge in [0.1, 0.15) is 0 Å². The average molecular weight is 390 g/mol. The summed E-state index contributed by atoms with van der Waals surface area (Å²) < 4.78 is 0. The average Bonchev–Trinajstić information content (AvgIpc) is 2.78. The Morgan fingerprint density at radius 3 is 1.34 bits per heavy atom. The lowest BCUT2D eigenvalue weighted by molar-refractivity contribution is 1.61. The standard InChI is InChI=1S/C28H23P/c1-29(2)28-25-14-8-6-12-23(25)27(24-13-7-9-15-26(24)28)22-18-16-21(17-19-22)20-10-4-3-5-11-20/h3-19H,1-2H3. The van der Waals surface area contributed by atoms with Crippen molar-refractivity contribution in [1.29, 1.82) is 0 Å². The Kier molecular flexibility index (Phi) is 4.66. The van der Waals surface area contributed by atoms with Gasteiger partial charge in [-0.2, -0.15) is 0 Å². The topological polar surface area (TPSA) is 0 Å². The Balaban J connectivity index is 1.80. The van der Waals surface area contributed by atoms with Crippen molar-refractivity contribution >= 4 is 34.8 Å². The second-order valence-corrected chi connectivity index (χ2v) is 9.89. The maximum Gasteiger partial charge on any atom is -0.00263 e. The van der Waals surface area contributed by atoms with Crippen LogP contribution in [-0.4, -0.2) is 13.3 Å². The van der Waals surface area contributed by atoms with E-state index < -0.39 is 0 Å². The quantitative estimate of drug-likeness (QED) is 0.219. The molecule has 0 radical (unpaired) electrons.